The van der Waals surface area contributed by atoms with E-state index in [9.17, 15) is 4.79 Å². The molecule has 0 aromatic carbocycles. The molecule has 2 aliphatic heterocycles. The summed E-state index contributed by atoms with van der Waals surface area (Å²) in [6.45, 7) is 1.57. The minimum atomic E-state index is -0.710. The smallest absolute Gasteiger partial charge is 0.307 e. The van der Waals surface area contributed by atoms with Gasteiger partial charge < -0.3 is 14.4 Å². The maximum Gasteiger partial charge on any atom is 0.307 e. The molecule has 17 heavy (non-hydrogen) atoms. The normalized spacial score (nSPS) is 28.0. The molecule has 0 bridgehead atoms. The Morgan fingerprint density at radius 1 is 1.53 bits per heavy atom. The van der Waals surface area contributed by atoms with Crippen LogP contribution in [0.3, 0.4) is 0 Å². The van der Waals surface area contributed by atoms with E-state index < -0.39 is 5.97 Å². The largest absolute Gasteiger partial charge is 0.481 e. The first-order valence-electron chi connectivity index (χ1n) is 6.14. The molecule has 3 rings (SSSR count). The predicted octanol–water partition coefficient (Wildman–Crippen LogP) is 1.38. The van der Waals surface area contributed by atoms with E-state index in [1.165, 1.54) is 0 Å². The SMILES string of the molecule is O=C(O)C1CCn2cc(C3CCCO3)nc2C1. The van der Waals surface area contributed by atoms with Crippen molar-refractivity contribution in [2.24, 2.45) is 5.92 Å². The summed E-state index contributed by atoms with van der Waals surface area (Å²) in [5.41, 5.74) is 0.975. The molecule has 2 unspecified atom stereocenters. The van der Waals surface area contributed by atoms with Crippen LogP contribution < -0.4 is 0 Å². The molecule has 92 valence electrons. The Balaban J connectivity index is 1.81. The van der Waals surface area contributed by atoms with E-state index in [0.29, 0.717) is 12.8 Å². The summed E-state index contributed by atoms with van der Waals surface area (Å²) in [7, 11) is 0. The second kappa shape index (κ2) is 4.14. The van der Waals surface area contributed by atoms with Crippen LogP contribution in [0.1, 0.15) is 36.9 Å². The van der Waals surface area contributed by atoms with E-state index in [2.05, 4.69) is 9.55 Å². The zero-order chi connectivity index (χ0) is 11.8. The van der Waals surface area contributed by atoms with Crippen LogP contribution in [0.4, 0.5) is 0 Å². The fraction of sp³-hybridized carbons (Fsp3) is 0.667. The van der Waals surface area contributed by atoms with Gasteiger partial charge in [0.1, 0.15) is 11.9 Å². The van der Waals surface area contributed by atoms with Gasteiger partial charge in [0.25, 0.3) is 0 Å². The van der Waals surface area contributed by atoms with E-state index in [4.69, 9.17) is 9.84 Å². The average molecular weight is 236 g/mol. The second-order valence-electron chi connectivity index (χ2n) is 4.81. The number of rotatable bonds is 2. The first kappa shape index (κ1) is 10.8. The number of carbonyl (C=O) groups is 1. The Labute approximate surface area is 99.4 Å². The third kappa shape index (κ3) is 1.95. The number of carboxylic acid groups (broad SMARTS) is 1. The van der Waals surface area contributed by atoms with E-state index >= 15 is 0 Å². The standard InChI is InChI=1S/C12H16N2O3/c15-12(16)8-3-4-14-7-9(13-11(14)6-8)10-2-1-5-17-10/h7-8,10H,1-6H2,(H,15,16). The van der Waals surface area contributed by atoms with Crippen LogP contribution >= 0.6 is 0 Å². The van der Waals surface area contributed by atoms with E-state index in [0.717, 1.165) is 37.5 Å². The van der Waals surface area contributed by atoms with Gasteiger partial charge in [-0.25, -0.2) is 4.98 Å². The molecule has 0 spiro atoms. The zero-order valence-electron chi connectivity index (χ0n) is 9.63. The maximum absolute atomic E-state index is 11.0. The molecular formula is C12H16N2O3. The van der Waals surface area contributed by atoms with Crippen molar-refractivity contribution in [3.63, 3.8) is 0 Å². The van der Waals surface area contributed by atoms with Crippen LogP contribution in [0, 0.1) is 5.92 Å². The lowest BCUT2D eigenvalue weighted by molar-refractivity contribution is -0.142. The Kier molecular flexibility index (Phi) is 2.63. The van der Waals surface area contributed by atoms with Gasteiger partial charge >= 0.3 is 5.97 Å². The molecule has 0 aliphatic carbocycles. The molecule has 1 aromatic rings. The van der Waals surface area contributed by atoms with Crippen LogP contribution in [0.2, 0.25) is 0 Å². The van der Waals surface area contributed by atoms with Crippen molar-refractivity contribution in [2.45, 2.75) is 38.3 Å². The molecule has 1 saturated heterocycles. The number of nitrogens with zero attached hydrogens (tertiary/aromatic N) is 2. The minimum absolute atomic E-state index is 0.122. The van der Waals surface area contributed by atoms with E-state index in [1.807, 2.05) is 6.20 Å². The van der Waals surface area contributed by atoms with Crippen LogP contribution in [0.15, 0.2) is 6.20 Å². The van der Waals surface area contributed by atoms with Gasteiger partial charge in [-0.15, -0.1) is 0 Å². The average Bonchev–Trinajstić information content (AvgIpc) is 2.96. The zero-order valence-corrected chi connectivity index (χ0v) is 9.63. The molecule has 1 N–H and O–H groups in total. The molecule has 0 radical (unpaired) electrons. The third-order valence-electron chi connectivity index (χ3n) is 3.63. The fourth-order valence-electron chi connectivity index (χ4n) is 2.63. The van der Waals surface area contributed by atoms with Crippen LogP contribution in [0.5, 0.6) is 0 Å². The van der Waals surface area contributed by atoms with Crippen LogP contribution in [-0.2, 0) is 22.5 Å². The number of imidazole rings is 1. The predicted molar refractivity (Wildman–Crippen MR) is 59.6 cm³/mol. The van der Waals surface area contributed by atoms with Crippen molar-refractivity contribution >= 4 is 5.97 Å². The van der Waals surface area contributed by atoms with Gasteiger partial charge in [0, 0.05) is 25.8 Å². The highest BCUT2D eigenvalue weighted by molar-refractivity contribution is 5.70. The van der Waals surface area contributed by atoms with Gasteiger partial charge in [-0.2, -0.15) is 0 Å². The summed E-state index contributed by atoms with van der Waals surface area (Å²) in [5, 5.41) is 9.02. The van der Waals surface area contributed by atoms with E-state index in [-0.39, 0.29) is 12.0 Å². The molecule has 0 saturated carbocycles. The molecule has 5 nitrogen and oxygen atoms in total. The Bertz CT molecular complexity index is 435. The number of fused-ring (bicyclic) bond motifs is 1. The molecule has 3 heterocycles. The molecule has 2 aliphatic rings. The Hall–Kier alpha value is -1.36. The molecular weight excluding hydrogens is 220 g/mol. The molecule has 0 amide bonds. The molecule has 1 fully saturated rings. The van der Waals surface area contributed by atoms with Crippen molar-refractivity contribution in [1.82, 2.24) is 9.55 Å². The summed E-state index contributed by atoms with van der Waals surface area (Å²) in [4.78, 5) is 15.5. The van der Waals surface area contributed by atoms with Gasteiger partial charge in [0.15, 0.2) is 0 Å². The van der Waals surface area contributed by atoms with Crippen molar-refractivity contribution in [3.05, 3.63) is 17.7 Å². The first-order valence-corrected chi connectivity index (χ1v) is 6.14. The lowest BCUT2D eigenvalue weighted by Gasteiger charge is -2.19. The van der Waals surface area contributed by atoms with Gasteiger partial charge in [-0.3, -0.25) is 4.79 Å². The summed E-state index contributed by atoms with van der Waals surface area (Å²) in [6, 6.07) is 0. The second-order valence-corrected chi connectivity index (χ2v) is 4.81. The number of aromatic nitrogens is 2. The molecule has 1 aromatic heterocycles. The number of hydrogen-bond acceptors (Lipinski definition) is 3. The highest BCUT2D eigenvalue weighted by atomic mass is 16.5. The number of aliphatic carboxylic acids is 1. The highest BCUT2D eigenvalue weighted by Gasteiger charge is 2.28. The molecule has 5 heteroatoms. The lowest BCUT2D eigenvalue weighted by Crippen LogP contribution is -2.25. The quantitative estimate of drug-likeness (QED) is 0.842. The Morgan fingerprint density at radius 2 is 2.41 bits per heavy atom. The van der Waals surface area contributed by atoms with Crippen molar-refractivity contribution in [2.75, 3.05) is 6.61 Å². The highest BCUT2D eigenvalue weighted by Crippen LogP contribution is 2.29. The molecule has 2 atom stereocenters. The summed E-state index contributed by atoms with van der Waals surface area (Å²) in [5.74, 6) is -0.0886. The van der Waals surface area contributed by atoms with Crippen LogP contribution in [-0.4, -0.2) is 27.2 Å². The topological polar surface area (TPSA) is 64.3 Å². The fourth-order valence-corrected chi connectivity index (χ4v) is 2.63. The Morgan fingerprint density at radius 3 is 3.12 bits per heavy atom. The van der Waals surface area contributed by atoms with Gasteiger partial charge in [0.05, 0.1) is 11.6 Å². The number of aryl methyl sites for hydroxylation is 1. The van der Waals surface area contributed by atoms with Crippen LogP contribution in [0.25, 0.3) is 0 Å². The van der Waals surface area contributed by atoms with Crippen molar-refractivity contribution in [3.8, 4) is 0 Å². The number of hydrogen-bond donors (Lipinski definition) is 1. The van der Waals surface area contributed by atoms with Gasteiger partial charge in [0.2, 0.25) is 0 Å². The number of carboxylic acids is 1. The third-order valence-corrected chi connectivity index (χ3v) is 3.63. The maximum atomic E-state index is 11.0. The lowest BCUT2D eigenvalue weighted by atomic mass is 9.98. The van der Waals surface area contributed by atoms with Crippen molar-refractivity contribution < 1.29 is 14.6 Å². The van der Waals surface area contributed by atoms with Crippen molar-refractivity contribution in [1.29, 1.82) is 0 Å². The summed E-state index contributed by atoms with van der Waals surface area (Å²) in [6.07, 6.45) is 5.51. The first-order chi connectivity index (χ1) is 8.24. The van der Waals surface area contributed by atoms with Gasteiger partial charge in [-0.05, 0) is 19.3 Å². The summed E-state index contributed by atoms with van der Waals surface area (Å²) < 4.78 is 7.68. The minimum Gasteiger partial charge on any atom is -0.481 e. The number of ether oxygens (including phenoxy) is 1. The van der Waals surface area contributed by atoms with Gasteiger partial charge in [-0.1, -0.05) is 0 Å². The van der Waals surface area contributed by atoms with E-state index in [1.54, 1.807) is 0 Å². The monoisotopic (exact) mass is 236 g/mol. The summed E-state index contributed by atoms with van der Waals surface area (Å²) >= 11 is 0.